The number of hydrogen-bond acceptors (Lipinski definition) is 4. The van der Waals surface area contributed by atoms with E-state index in [-0.39, 0.29) is 12.5 Å². The van der Waals surface area contributed by atoms with Gasteiger partial charge in [0.15, 0.2) is 5.79 Å². The monoisotopic (exact) mass is 344 g/mol. The van der Waals surface area contributed by atoms with E-state index in [1.165, 1.54) is 0 Å². The summed E-state index contributed by atoms with van der Waals surface area (Å²) in [6.45, 7) is 2.79. The molecule has 2 heterocycles. The third kappa shape index (κ3) is 3.49. The smallest absolute Gasteiger partial charge is 0.241 e. The topological polar surface area (TPSA) is 50.8 Å². The van der Waals surface area contributed by atoms with E-state index in [1.54, 1.807) is 18.2 Å². The van der Waals surface area contributed by atoms with Gasteiger partial charge in [-0.25, -0.2) is 0 Å². The molecule has 2 aliphatic heterocycles. The van der Waals surface area contributed by atoms with Crippen LogP contribution in [-0.4, -0.2) is 49.4 Å². The predicted molar refractivity (Wildman–Crippen MR) is 85.4 cm³/mol. The van der Waals surface area contributed by atoms with E-state index in [4.69, 9.17) is 32.7 Å². The maximum absolute atomic E-state index is 12.3. The fourth-order valence-corrected chi connectivity index (χ4v) is 3.27. The number of anilines is 1. The fourth-order valence-electron chi connectivity index (χ4n) is 2.80. The van der Waals surface area contributed by atoms with Crippen LogP contribution in [0.3, 0.4) is 0 Å². The zero-order valence-electron chi connectivity index (χ0n) is 12.1. The molecule has 1 amide bonds. The van der Waals surface area contributed by atoms with Crippen molar-refractivity contribution >= 4 is 34.8 Å². The van der Waals surface area contributed by atoms with Crippen LogP contribution in [0.5, 0.6) is 0 Å². The van der Waals surface area contributed by atoms with Crippen LogP contribution in [0.4, 0.5) is 5.69 Å². The highest BCUT2D eigenvalue weighted by atomic mass is 35.5. The zero-order chi connectivity index (χ0) is 15.6. The van der Waals surface area contributed by atoms with Crippen LogP contribution >= 0.6 is 23.2 Å². The van der Waals surface area contributed by atoms with E-state index >= 15 is 0 Å². The van der Waals surface area contributed by atoms with E-state index in [1.807, 2.05) is 4.90 Å². The number of benzene rings is 1. The number of carbonyl (C=O) groups is 1. The lowest BCUT2D eigenvalue weighted by Gasteiger charge is -2.37. The van der Waals surface area contributed by atoms with Crippen molar-refractivity contribution in [1.29, 1.82) is 0 Å². The van der Waals surface area contributed by atoms with Crippen molar-refractivity contribution in [2.24, 2.45) is 0 Å². The maximum Gasteiger partial charge on any atom is 0.241 e. The molecule has 0 atom stereocenters. The van der Waals surface area contributed by atoms with Gasteiger partial charge in [-0.2, -0.15) is 0 Å². The van der Waals surface area contributed by atoms with Crippen molar-refractivity contribution in [1.82, 2.24) is 4.90 Å². The number of carbonyl (C=O) groups excluding carboxylic acids is 1. The second-order valence-corrected chi connectivity index (χ2v) is 6.31. The second-order valence-electron chi connectivity index (χ2n) is 5.47. The number of rotatable bonds is 3. The molecule has 0 radical (unpaired) electrons. The number of nitrogens with zero attached hydrogens (tertiary/aromatic N) is 1. The third-order valence-corrected chi connectivity index (χ3v) is 4.60. The van der Waals surface area contributed by atoms with Gasteiger partial charge >= 0.3 is 0 Å². The van der Waals surface area contributed by atoms with Gasteiger partial charge in [-0.05, 0) is 18.2 Å². The van der Waals surface area contributed by atoms with Gasteiger partial charge in [0.05, 0.1) is 30.5 Å². The van der Waals surface area contributed by atoms with Crippen molar-refractivity contribution < 1.29 is 14.3 Å². The normalized spacial score (nSPS) is 20.4. The van der Waals surface area contributed by atoms with Crippen molar-refractivity contribution in [2.75, 3.05) is 38.2 Å². The summed E-state index contributed by atoms with van der Waals surface area (Å²) in [4.78, 5) is 14.1. The Morgan fingerprint density at radius 2 is 1.91 bits per heavy atom. The van der Waals surface area contributed by atoms with Gasteiger partial charge in [0, 0.05) is 31.0 Å². The quantitative estimate of drug-likeness (QED) is 0.915. The molecule has 0 aromatic heterocycles. The summed E-state index contributed by atoms with van der Waals surface area (Å²) in [6.07, 6.45) is 1.45. The first-order chi connectivity index (χ1) is 10.6. The van der Waals surface area contributed by atoms with Crippen LogP contribution in [0.15, 0.2) is 18.2 Å². The molecule has 0 unspecified atom stereocenters. The van der Waals surface area contributed by atoms with E-state index in [9.17, 15) is 4.79 Å². The Labute approximate surface area is 139 Å². The minimum atomic E-state index is -0.455. The van der Waals surface area contributed by atoms with Gasteiger partial charge in [0.1, 0.15) is 0 Å². The molecule has 2 aliphatic rings. The Morgan fingerprint density at radius 3 is 2.55 bits per heavy atom. The number of hydrogen-bond donors (Lipinski definition) is 1. The average Bonchev–Trinajstić information content (AvgIpc) is 2.95. The summed E-state index contributed by atoms with van der Waals surface area (Å²) in [7, 11) is 0. The second kappa shape index (κ2) is 6.62. The molecule has 7 heteroatoms. The molecule has 1 N–H and O–H groups in total. The van der Waals surface area contributed by atoms with Crippen LogP contribution in [-0.2, 0) is 14.3 Å². The zero-order valence-corrected chi connectivity index (χ0v) is 13.6. The van der Waals surface area contributed by atoms with Crippen molar-refractivity contribution in [3.05, 3.63) is 28.2 Å². The number of ether oxygens (including phenoxy) is 2. The Balaban J connectivity index is 1.50. The van der Waals surface area contributed by atoms with Gasteiger partial charge in [0.2, 0.25) is 5.91 Å². The molecule has 22 heavy (non-hydrogen) atoms. The van der Waals surface area contributed by atoms with Crippen molar-refractivity contribution in [2.45, 2.75) is 18.6 Å². The number of nitrogens with one attached hydrogen (secondary N) is 1. The maximum atomic E-state index is 12.3. The Hall–Kier alpha value is -1.01. The molecule has 0 saturated carbocycles. The third-order valence-electron chi connectivity index (χ3n) is 4.05. The molecule has 1 spiro atoms. The lowest BCUT2D eigenvalue weighted by Crippen LogP contribution is -2.48. The van der Waals surface area contributed by atoms with Gasteiger partial charge in [-0.3, -0.25) is 4.79 Å². The summed E-state index contributed by atoms with van der Waals surface area (Å²) in [5, 5.41) is 4.13. The van der Waals surface area contributed by atoms with Gasteiger partial charge < -0.3 is 19.7 Å². The summed E-state index contributed by atoms with van der Waals surface area (Å²) >= 11 is 11.9. The van der Waals surface area contributed by atoms with E-state index in [0.717, 1.165) is 12.8 Å². The van der Waals surface area contributed by atoms with Crippen LogP contribution in [0.25, 0.3) is 0 Å². The number of piperidine rings is 1. The first-order valence-corrected chi connectivity index (χ1v) is 8.08. The number of halogens is 2. The average molecular weight is 345 g/mol. The Kier molecular flexibility index (Phi) is 4.78. The lowest BCUT2D eigenvalue weighted by molar-refractivity contribution is -0.187. The van der Waals surface area contributed by atoms with Crippen LogP contribution in [0.1, 0.15) is 12.8 Å². The van der Waals surface area contributed by atoms with Crippen LogP contribution < -0.4 is 5.32 Å². The molecule has 1 aromatic carbocycles. The summed E-state index contributed by atoms with van der Waals surface area (Å²) < 4.78 is 11.3. The molecule has 1 aromatic rings. The Bertz CT molecular complexity index is 552. The minimum absolute atomic E-state index is 0.0406. The molecule has 0 aliphatic carbocycles. The SMILES string of the molecule is O=C(CNc1ccc(Cl)cc1Cl)N1CCC2(CC1)OCCO2. The first kappa shape index (κ1) is 15.9. The molecular weight excluding hydrogens is 327 g/mol. The fraction of sp³-hybridized carbons (Fsp3) is 0.533. The highest BCUT2D eigenvalue weighted by Crippen LogP contribution is 2.31. The lowest BCUT2D eigenvalue weighted by atomic mass is 10.0. The molecular formula is C15H18Cl2N2O3. The van der Waals surface area contributed by atoms with Crippen molar-refractivity contribution in [3.8, 4) is 0 Å². The van der Waals surface area contributed by atoms with Gasteiger partial charge in [0.25, 0.3) is 0 Å². The molecule has 2 saturated heterocycles. The number of likely N-dealkylation sites (tertiary alicyclic amines) is 1. The minimum Gasteiger partial charge on any atom is -0.375 e. The van der Waals surface area contributed by atoms with Crippen LogP contribution in [0.2, 0.25) is 10.0 Å². The van der Waals surface area contributed by atoms with E-state index in [0.29, 0.717) is 42.0 Å². The molecule has 2 fully saturated rings. The molecule has 3 rings (SSSR count). The first-order valence-electron chi connectivity index (χ1n) is 7.33. The summed E-state index contributed by atoms with van der Waals surface area (Å²) in [5.74, 6) is -0.414. The Morgan fingerprint density at radius 1 is 1.23 bits per heavy atom. The van der Waals surface area contributed by atoms with Gasteiger partial charge in [-0.1, -0.05) is 23.2 Å². The summed E-state index contributed by atoms with van der Waals surface area (Å²) in [6, 6.07) is 5.15. The molecule has 0 bridgehead atoms. The van der Waals surface area contributed by atoms with Gasteiger partial charge in [-0.15, -0.1) is 0 Å². The molecule has 120 valence electrons. The standard InChI is InChI=1S/C15H18Cl2N2O3/c16-11-1-2-13(12(17)9-11)18-10-14(20)19-5-3-15(4-6-19)21-7-8-22-15/h1-2,9,18H,3-8,10H2. The van der Waals surface area contributed by atoms with E-state index < -0.39 is 5.79 Å². The van der Waals surface area contributed by atoms with Crippen molar-refractivity contribution in [3.63, 3.8) is 0 Å². The molecule has 5 nitrogen and oxygen atoms in total. The van der Waals surface area contributed by atoms with E-state index in [2.05, 4.69) is 5.32 Å². The number of amides is 1. The predicted octanol–water partition coefficient (Wildman–Crippen LogP) is 2.77. The highest BCUT2D eigenvalue weighted by Gasteiger charge is 2.40. The van der Waals surface area contributed by atoms with Crippen LogP contribution in [0, 0.1) is 0 Å². The summed E-state index contributed by atoms with van der Waals surface area (Å²) in [5.41, 5.74) is 0.704. The highest BCUT2D eigenvalue weighted by molar-refractivity contribution is 6.36. The largest absolute Gasteiger partial charge is 0.375 e.